The average Bonchev–Trinajstić information content (AvgIpc) is 2.46. The van der Waals surface area contributed by atoms with Gasteiger partial charge in [0.1, 0.15) is 0 Å². The number of hydrogen-bond donors (Lipinski definition) is 0. The van der Waals surface area contributed by atoms with Crippen LogP contribution in [-0.4, -0.2) is 4.92 Å². The van der Waals surface area contributed by atoms with E-state index in [4.69, 9.17) is 0 Å². The van der Waals surface area contributed by atoms with Gasteiger partial charge in [0.15, 0.2) is 0 Å². The smallest absolute Gasteiger partial charge is 0.258 e. The summed E-state index contributed by atoms with van der Waals surface area (Å²) in [5.74, 6) is 0. The molecule has 2 aromatic rings. The molecule has 0 aliphatic carbocycles. The van der Waals surface area contributed by atoms with Crippen LogP contribution in [0, 0.1) is 10.1 Å². The highest BCUT2D eigenvalue weighted by Gasteiger charge is 2.16. The maximum atomic E-state index is 11.1. The van der Waals surface area contributed by atoms with Gasteiger partial charge in [0.25, 0.3) is 5.69 Å². The molecule has 0 saturated carbocycles. The average molecular weight is 251 g/mol. The summed E-state index contributed by atoms with van der Waals surface area (Å²) in [4.78, 5) is 10.7. The summed E-state index contributed by atoms with van der Waals surface area (Å²) >= 11 is 0. The van der Waals surface area contributed by atoms with Gasteiger partial charge in [-0.25, -0.2) is 0 Å². The third-order valence-electron chi connectivity index (χ3n) is 2.95. The Labute approximate surface area is 111 Å². The fourth-order valence-electron chi connectivity index (χ4n) is 2.08. The molecule has 3 nitrogen and oxygen atoms in total. The predicted octanol–water partition coefficient (Wildman–Crippen LogP) is 4.55. The predicted molar refractivity (Wildman–Crippen MR) is 78.7 cm³/mol. The Morgan fingerprint density at radius 1 is 0.947 bits per heavy atom. The Morgan fingerprint density at radius 3 is 2.26 bits per heavy atom. The molecule has 2 rings (SSSR count). The molecule has 2 aromatic carbocycles. The van der Waals surface area contributed by atoms with E-state index >= 15 is 0 Å². The molecule has 0 bridgehead atoms. The summed E-state index contributed by atoms with van der Waals surface area (Å²) in [7, 11) is 0. The summed E-state index contributed by atoms with van der Waals surface area (Å²) in [6, 6.07) is 12.3. The molecule has 0 aromatic heterocycles. The van der Waals surface area contributed by atoms with E-state index in [1.54, 1.807) is 30.4 Å². The van der Waals surface area contributed by atoms with E-state index in [1.165, 1.54) is 6.07 Å². The fourth-order valence-corrected chi connectivity index (χ4v) is 2.08. The van der Waals surface area contributed by atoms with Crippen molar-refractivity contribution < 1.29 is 4.92 Å². The van der Waals surface area contributed by atoms with Crippen molar-refractivity contribution in [2.75, 3.05) is 0 Å². The molecule has 19 heavy (non-hydrogen) atoms. The van der Waals surface area contributed by atoms with Crippen molar-refractivity contribution in [3.05, 3.63) is 76.9 Å². The maximum Gasteiger partial charge on any atom is 0.277 e. The van der Waals surface area contributed by atoms with E-state index in [9.17, 15) is 10.1 Å². The Hall–Kier alpha value is -2.68. The second kappa shape index (κ2) is 5.31. The zero-order valence-corrected chi connectivity index (χ0v) is 10.4. The van der Waals surface area contributed by atoms with Crippen LogP contribution in [0.3, 0.4) is 0 Å². The van der Waals surface area contributed by atoms with Crippen LogP contribution in [0.5, 0.6) is 0 Å². The highest BCUT2D eigenvalue weighted by Crippen LogP contribution is 2.34. The van der Waals surface area contributed by atoms with Gasteiger partial charge in [-0.05, 0) is 22.8 Å². The summed E-state index contributed by atoms with van der Waals surface area (Å²) in [5, 5.41) is 11.1. The molecule has 0 aliphatic rings. The number of nitro benzene ring substituents is 1. The van der Waals surface area contributed by atoms with Gasteiger partial charge in [0, 0.05) is 6.07 Å². The van der Waals surface area contributed by atoms with E-state index < -0.39 is 0 Å². The largest absolute Gasteiger partial charge is 0.277 e. The molecule has 0 atom stereocenters. The standard InChI is InChI=1S/C16H13NO2/c1-3-12-8-7-10-14(13(12)4-2)15-9-5-6-11-16(15)17(18)19/h3-11H,1-2H2. The highest BCUT2D eigenvalue weighted by atomic mass is 16.6. The van der Waals surface area contributed by atoms with Crippen LogP contribution in [-0.2, 0) is 0 Å². The molecule has 0 heterocycles. The molecule has 0 saturated heterocycles. The minimum absolute atomic E-state index is 0.0896. The first-order valence-corrected chi connectivity index (χ1v) is 5.80. The normalized spacial score (nSPS) is 9.89. The summed E-state index contributed by atoms with van der Waals surface area (Å²) < 4.78 is 0. The van der Waals surface area contributed by atoms with Gasteiger partial charge in [-0.15, -0.1) is 0 Å². The van der Waals surface area contributed by atoms with Gasteiger partial charge in [0.2, 0.25) is 0 Å². The first kappa shape index (κ1) is 12.8. The van der Waals surface area contributed by atoms with Crippen LogP contribution < -0.4 is 0 Å². The van der Waals surface area contributed by atoms with Gasteiger partial charge in [-0.3, -0.25) is 10.1 Å². The van der Waals surface area contributed by atoms with E-state index in [2.05, 4.69) is 13.2 Å². The molecule has 0 amide bonds. The van der Waals surface area contributed by atoms with Crippen molar-refractivity contribution >= 4 is 17.8 Å². The number of hydrogen-bond acceptors (Lipinski definition) is 2. The molecule has 0 unspecified atom stereocenters. The quantitative estimate of drug-likeness (QED) is 0.591. The Morgan fingerprint density at radius 2 is 1.63 bits per heavy atom. The van der Waals surface area contributed by atoms with Crippen molar-refractivity contribution in [3.63, 3.8) is 0 Å². The van der Waals surface area contributed by atoms with E-state index in [0.29, 0.717) is 5.56 Å². The second-order valence-electron chi connectivity index (χ2n) is 3.99. The van der Waals surface area contributed by atoms with Crippen LogP contribution in [0.25, 0.3) is 23.3 Å². The van der Waals surface area contributed by atoms with E-state index in [-0.39, 0.29) is 10.6 Å². The van der Waals surface area contributed by atoms with Gasteiger partial charge < -0.3 is 0 Å². The van der Waals surface area contributed by atoms with Crippen molar-refractivity contribution in [2.24, 2.45) is 0 Å². The third kappa shape index (κ3) is 2.31. The molecule has 0 aliphatic heterocycles. The number of nitrogens with zero attached hydrogens (tertiary/aromatic N) is 1. The molecule has 3 heteroatoms. The lowest BCUT2D eigenvalue weighted by Crippen LogP contribution is -1.94. The first-order valence-electron chi connectivity index (χ1n) is 5.80. The van der Waals surface area contributed by atoms with Crippen molar-refractivity contribution in [3.8, 4) is 11.1 Å². The number of para-hydroxylation sites is 1. The van der Waals surface area contributed by atoms with Gasteiger partial charge in [0.05, 0.1) is 10.5 Å². The Balaban J connectivity index is 2.76. The highest BCUT2D eigenvalue weighted by molar-refractivity contribution is 5.84. The van der Waals surface area contributed by atoms with E-state index in [0.717, 1.165) is 16.7 Å². The molecule has 0 spiro atoms. The zero-order chi connectivity index (χ0) is 13.8. The Kier molecular flexibility index (Phi) is 3.57. The number of benzene rings is 2. The number of rotatable bonds is 4. The lowest BCUT2D eigenvalue weighted by atomic mass is 9.94. The monoisotopic (exact) mass is 251 g/mol. The van der Waals surface area contributed by atoms with Crippen LogP contribution in [0.2, 0.25) is 0 Å². The molecule has 0 fully saturated rings. The molecule has 94 valence electrons. The van der Waals surface area contributed by atoms with Gasteiger partial charge >= 0.3 is 0 Å². The van der Waals surface area contributed by atoms with Gasteiger partial charge in [-0.2, -0.15) is 0 Å². The van der Waals surface area contributed by atoms with Crippen molar-refractivity contribution in [1.82, 2.24) is 0 Å². The zero-order valence-electron chi connectivity index (χ0n) is 10.4. The Bertz CT molecular complexity index is 660. The van der Waals surface area contributed by atoms with Crippen molar-refractivity contribution in [1.29, 1.82) is 0 Å². The topological polar surface area (TPSA) is 43.1 Å². The summed E-state index contributed by atoms with van der Waals surface area (Å²) in [6.07, 6.45) is 3.42. The van der Waals surface area contributed by atoms with Crippen LogP contribution in [0.1, 0.15) is 11.1 Å². The fraction of sp³-hybridized carbons (Fsp3) is 0. The first-order chi connectivity index (χ1) is 9.19. The van der Waals surface area contributed by atoms with Crippen LogP contribution in [0.15, 0.2) is 55.6 Å². The van der Waals surface area contributed by atoms with Crippen LogP contribution in [0.4, 0.5) is 5.69 Å². The SMILES string of the molecule is C=Cc1cccc(-c2ccccc2[N+](=O)[O-])c1C=C. The molecular formula is C16H13NO2. The second-order valence-corrected chi connectivity index (χ2v) is 3.99. The molecule has 0 N–H and O–H groups in total. The lowest BCUT2D eigenvalue weighted by molar-refractivity contribution is -0.384. The molecular weight excluding hydrogens is 238 g/mol. The van der Waals surface area contributed by atoms with Crippen LogP contribution >= 0.6 is 0 Å². The minimum Gasteiger partial charge on any atom is -0.258 e. The van der Waals surface area contributed by atoms with Crippen molar-refractivity contribution in [2.45, 2.75) is 0 Å². The summed E-state index contributed by atoms with van der Waals surface area (Å²) in [6.45, 7) is 7.53. The van der Waals surface area contributed by atoms with Gasteiger partial charge in [-0.1, -0.05) is 55.6 Å². The van der Waals surface area contributed by atoms with E-state index in [1.807, 2.05) is 18.2 Å². The summed E-state index contributed by atoms with van der Waals surface area (Å²) in [5.41, 5.74) is 3.23. The minimum atomic E-state index is -0.372. The number of nitro groups is 1. The third-order valence-corrected chi connectivity index (χ3v) is 2.95. The maximum absolute atomic E-state index is 11.1. The molecule has 0 radical (unpaired) electrons. The lowest BCUT2D eigenvalue weighted by Gasteiger charge is -2.09.